The molecule has 1 radical (unpaired) electrons. The van der Waals surface area contributed by atoms with Crippen LogP contribution in [0, 0.1) is 13.8 Å². The summed E-state index contributed by atoms with van der Waals surface area (Å²) in [5.41, 5.74) is 1.05. The molecule has 0 unspecified atom stereocenters. The van der Waals surface area contributed by atoms with Crippen molar-refractivity contribution in [2.45, 2.75) is 13.8 Å². The van der Waals surface area contributed by atoms with Crippen LogP contribution in [0.15, 0.2) is 36.4 Å². The molecule has 0 bridgehead atoms. The second kappa shape index (κ2) is 8.82. The molecular weight excluding hydrogens is 352 g/mol. The van der Waals surface area contributed by atoms with Gasteiger partial charge in [-0.05, 0) is 37.1 Å². The first kappa shape index (κ1) is 20.5. The van der Waals surface area contributed by atoms with Crippen LogP contribution in [0.1, 0.15) is 31.8 Å². The molecule has 127 valence electrons. The molecule has 0 heterocycles. The summed E-state index contributed by atoms with van der Waals surface area (Å²) in [7, 11) is 0. The fourth-order valence-electron chi connectivity index (χ4n) is 1.66. The summed E-state index contributed by atoms with van der Waals surface area (Å²) < 4.78 is 0. The number of aromatic hydroxyl groups is 2. The molecule has 2 aromatic carbocycles. The monoisotopic (exact) mass is 367 g/mol. The summed E-state index contributed by atoms with van der Waals surface area (Å²) in [5.74, 6) is -2.52. The van der Waals surface area contributed by atoms with Crippen molar-refractivity contribution in [2.75, 3.05) is 0 Å². The number of benzene rings is 2. The van der Waals surface area contributed by atoms with E-state index in [1.54, 1.807) is 38.1 Å². The summed E-state index contributed by atoms with van der Waals surface area (Å²) in [6.07, 6.45) is 0. The van der Waals surface area contributed by atoms with E-state index in [1.165, 1.54) is 12.1 Å². The molecule has 0 aliphatic carbocycles. The molecule has 0 aliphatic heterocycles. The smallest absolute Gasteiger partial charge is 0.339 e. The van der Waals surface area contributed by atoms with Crippen LogP contribution in [0.3, 0.4) is 0 Å². The van der Waals surface area contributed by atoms with Crippen molar-refractivity contribution in [3.8, 4) is 11.5 Å². The number of rotatable bonds is 2. The van der Waals surface area contributed by atoms with Crippen LogP contribution >= 0.6 is 0 Å². The molecule has 7 heteroatoms. The van der Waals surface area contributed by atoms with E-state index in [1.807, 2.05) is 0 Å². The number of carbonyl (C=O) groups is 2. The second-order valence-electron chi connectivity index (χ2n) is 4.55. The van der Waals surface area contributed by atoms with Gasteiger partial charge in [0.15, 0.2) is 0 Å². The Bertz CT molecular complexity index is 650. The first-order chi connectivity index (χ1) is 10.3. The van der Waals surface area contributed by atoms with Crippen LogP contribution in [0.5, 0.6) is 11.5 Å². The zero-order chi connectivity index (χ0) is 16.9. The summed E-state index contributed by atoms with van der Waals surface area (Å²) >= 11 is 0. The van der Waals surface area contributed by atoms with E-state index in [2.05, 4.69) is 0 Å². The van der Waals surface area contributed by atoms with Crippen molar-refractivity contribution in [1.82, 2.24) is 0 Å². The Morgan fingerprint density at radius 3 is 1.26 bits per heavy atom. The largest absolute Gasteiger partial charge is 0.507 e. The van der Waals surface area contributed by atoms with Gasteiger partial charge in [0, 0.05) is 17.1 Å². The van der Waals surface area contributed by atoms with Gasteiger partial charge in [-0.2, -0.15) is 0 Å². The molecule has 2 rings (SSSR count). The quantitative estimate of drug-likeness (QED) is 0.607. The van der Waals surface area contributed by atoms with Crippen LogP contribution < -0.4 is 0 Å². The maximum atomic E-state index is 10.4. The minimum atomic E-state index is -1.11. The van der Waals surface area contributed by atoms with E-state index in [-0.39, 0.29) is 39.7 Å². The Kier molecular flexibility index (Phi) is 7.87. The molecule has 0 aromatic heterocycles. The number of hydrogen-bond donors (Lipinski definition) is 4. The third-order valence-electron chi connectivity index (χ3n) is 2.94. The Labute approximate surface area is 143 Å². The first-order valence-corrected chi connectivity index (χ1v) is 6.29. The van der Waals surface area contributed by atoms with Gasteiger partial charge in [-0.1, -0.05) is 24.3 Å². The van der Waals surface area contributed by atoms with Gasteiger partial charge in [-0.3, -0.25) is 0 Å². The Morgan fingerprint density at radius 1 is 0.739 bits per heavy atom. The summed E-state index contributed by atoms with van der Waals surface area (Å²) in [6, 6.07) is 9.23. The molecule has 0 spiro atoms. The van der Waals surface area contributed by atoms with Crippen molar-refractivity contribution >= 4 is 11.9 Å². The zero-order valence-electron chi connectivity index (χ0n) is 12.4. The summed E-state index contributed by atoms with van der Waals surface area (Å²) in [6.45, 7) is 3.31. The van der Waals surface area contributed by atoms with Gasteiger partial charge in [-0.25, -0.2) is 9.59 Å². The van der Waals surface area contributed by atoms with Crippen LogP contribution in [-0.2, 0) is 17.1 Å². The summed E-state index contributed by atoms with van der Waals surface area (Å²) in [4.78, 5) is 20.8. The standard InChI is InChI=1S/2C8H8O3.Cu/c2*1-5-3-2-4-6(7(5)9)8(10)11;/h2*2-4,9H,1H3,(H,10,11);. The molecule has 0 saturated carbocycles. The molecule has 6 nitrogen and oxygen atoms in total. The molecule has 0 atom stereocenters. The van der Waals surface area contributed by atoms with Crippen LogP contribution in [0.2, 0.25) is 0 Å². The predicted molar refractivity (Wildman–Crippen MR) is 79.6 cm³/mol. The van der Waals surface area contributed by atoms with Gasteiger partial charge in [0.2, 0.25) is 0 Å². The Balaban J connectivity index is 0.000000403. The van der Waals surface area contributed by atoms with Gasteiger partial charge in [-0.15, -0.1) is 0 Å². The van der Waals surface area contributed by atoms with Crippen molar-refractivity contribution in [3.05, 3.63) is 58.7 Å². The van der Waals surface area contributed by atoms with Crippen molar-refractivity contribution in [2.24, 2.45) is 0 Å². The fraction of sp³-hybridized carbons (Fsp3) is 0.125. The van der Waals surface area contributed by atoms with Gasteiger partial charge >= 0.3 is 11.9 Å². The molecule has 0 fully saturated rings. The average molecular weight is 368 g/mol. The SMILES string of the molecule is Cc1cccc(C(=O)O)c1O.Cc1cccc(C(=O)O)c1O.[Cu]. The van der Waals surface area contributed by atoms with Crippen molar-refractivity contribution < 1.29 is 47.1 Å². The number of aromatic carboxylic acids is 2. The van der Waals surface area contributed by atoms with Gasteiger partial charge in [0.25, 0.3) is 0 Å². The van der Waals surface area contributed by atoms with Gasteiger partial charge < -0.3 is 20.4 Å². The van der Waals surface area contributed by atoms with E-state index in [4.69, 9.17) is 10.2 Å². The molecule has 0 amide bonds. The van der Waals surface area contributed by atoms with Crippen molar-refractivity contribution in [1.29, 1.82) is 0 Å². The second-order valence-corrected chi connectivity index (χ2v) is 4.55. The number of para-hydroxylation sites is 2. The molecule has 23 heavy (non-hydrogen) atoms. The number of carboxylic acids is 2. The van der Waals surface area contributed by atoms with Crippen molar-refractivity contribution in [3.63, 3.8) is 0 Å². The molecule has 0 saturated heterocycles. The number of hydrogen-bond acceptors (Lipinski definition) is 4. The van der Waals surface area contributed by atoms with E-state index in [0.29, 0.717) is 11.1 Å². The number of phenols is 2. The van der Waals surface area contributed by atoms with E-state index in [9.17, 15) is 19.8 Å². The molecular formula is C16H16CuO6. The molecule has 4 N–H and O–H groups in total. The third-order valence-corrected chi connectivity index (χ3v) is 2.94. The van der Waals surface area contributed by atoms with Crippen LogP contribution in [0.4, 0.5) is 0 Å². The summed E-state index contributed by atoms with van der Waals surface area (Å²) in [5, 5.41) is 35.4. The predicted octanol–water partition coefficient (Wildman–Crippen LogP) is 2.80. The fourth-order valence-corrected chi connectivity index (χ4v) is 1.66. The first-order valence-electron chi connectivity index (χ1n) is 6.29. The normalized spacial score (nSPS) is 9.13. The maximum absolute atomic E-state index is 10.4. The zero-order valence-corrected chi connectivity index (χ0v) is 13.3. The van der Waals surface area contributed by atoms with E-state index < -0.39 is 11.9 Å². The number of aryl methyl sites for hydroxylation is 2. The minimum absolute atomic E-state index is 0. The number of carboxylic acid groups (broad SMARTS) is 2. The Morgan fingerprint density at radius 2 is 1.04 bits per heavy atom. The Hall–Kier alpha value is -2.50. The minimum Gasteiger partial charge on any atom is -0.507 e. The topological polar surface area (TPSA) is 115 Å². The third kappa shape index (κ3) is 5.32. The molecule has 0 aliphatic rings. The van der Waals surface area contributed by atoms with Crippen LogP contribution in [-0.4, -0.2) is 32.4 Å². The van der Waals surface area contributed by atoms with Gasteiger partial charge in [0.1, 0.15) is 22.6 Å². The van der Waals surface area contributed by atoms with Crippen LogP contribution in [0.25, 0.3) is 0 Å². The average Bonchev–Trinajstić information content (AvgIpc) is 2.45. The van der Waals surface area contributed by atoms with Gasteiger partial charge in [0.05, 0.1) is 0 Å². The maximum Gasteiger partial charge on any atom is 0.339 e. The van der Waals surface area contributed by atoms with E-state index in [0.717, 1.165) is 0 Å². The van der Waals surface area contributed by atoms with E-state index >= 15 is 0 Å². The molecule has 2 aromatic rings.